The minimum absolute atomic E-state index is 0.00593. The lowest BCUT2D eigenvalue weighted by molar-refractivity contribution is 0.775. The van der Waals surface area contributed by atoms with Crippen LogP contribution in [0.5, 0.6) is 0 Å². The second kappa shape index (κ2) is 3.87. The first-order valence-corrected chi connectivity index (χ1v) is 3.73. The van der Waals surface area contributed by atoms with Crippen molar-refractivity contribution in [3.63, 3.8) is 0 Å². The van der Waals surface area contributed by atoms with Crippen LogP contribution in [0, 0.1) is 0 Å². The van der Waals surface area contributed by atoms with Crippen molar-refractivity contribution in [2.75, 3.05) is 11.9 Å². The number of hydrogen-bond acceptors (Lipinski definition) is 4. The number of anilines is 1. The smallest absolute Gasteiger partial charge is 0.290 e. The van der Waals surface area contributed by atoms with Gasteiger partial charge in [0.2, 0.25) is 0 Å². The maximum absolute atomic E-state index is 11.0. The van der Waals surface area contributed by atoms with E-state index in [0.29, 0.717) is 12.4 Å². The third-order valence-corrected chi connectivity index (χ3v) is 1.30. The number of aromatic amines is 1. The van der Waals surface area contributed by atoms with Crippen LogP contribution >= 0.6 is 0 Å². The molecule has 5 nitrogen and oxygen atoms in total. The van der Waals surface area contributed by atoms with Gasteiger partial charge < -0.3 is 16.0 Å². The highest BCUT2D eigenvalue weighted by Gasteiger charge is 1.99. The lowest BCUT2D eigenvalue weighted by Gasteiger charge is -2.05. The Balaban J connectivity index is 2.64. The van der Waals surface area contributed by atoms with Crippen molar-refractivity contribution in [1.29, 1.82) is 0 Å². The van der Waals surface area contributed by atoms with Crippen LogP contribution in [-0.4, -0.2) is 22.6 Å². The number of nitrogens with two attached hydrogens (primary N) is 1. The third kappa shape index (κ3) is 2.35. The molecule has 0 fully saturated rings. The van der Waals surface area contributed by atoms with Crippen molar-refractivity contribution in [3.05, 3.63) is 22.7 Å². The highest BCUT2D eigenvalue weighted by atomic mass is 16.1. The van der Waals surface area contributed by atoms with Gasteiger partial charge in [-0.2, -0.15) is 0 Å². The van der Waals surface area contributed by atoms with E-state index in [1.165, 1.54) is 12.4 Å². The molecule has 0 aliphatic rings. The van der Waals surface area contributed by atoms with Gasteiger partial charge in [-0.1, -0.05) is 0 Å². The molecule has 0 radical (unpaired) electrons. The van der Waals surface area contributed by atoms with Gasteiger partial charge in [0.1, 0.15) is 0 Å². The highest BCUT2D eigenvalue weighted by molar-refractivity contribution is 5.29. The molecule has 0 aromatic carbocycles. The van der Waals surface area contributed by atoms with Crippen LogP contribution in [0.3, 0.4) is 0 Å². The average molecular weight is 168 g/mol. The molecule has 1 atom stereocenters. The second-order valence-corrected chi connectivity index (χ2v) is 2.63. The number of aromatic nitrogens is 2. The topological polar surface area (TPSA) is 83.8 Å². The van der Waals surface area contributed by atoms with Crippen molar-refractivity contribution in [2.45, 2.75) is 13.0 Å². The van der Waals surface area contributed by atoms with Gasteiger partial charge in [-0.15, -0.1) is 0 Å². The standard InChI is InChI=1S/C7H12N4O/c1-5(8)4-11-6-7(12)10-3-2-9-6/h2-3,5H,4,8H2,1H3,(H,9,11)(H,10,12). The zero-order valence-corrected chi connectivity index (χ0v) is 6.87. The molecule has 12 heavy (non-hydrogen) atoms. The monoisotopic (exact) mass is 168 g/mol. The molecule has 0 saturated heterocycles. The van der Waals surface area contributed by atoms with Crippen LogP contribution in [0.4, 0.5) is 5.82 Å². The van der Waals surface area contributed by atoms with Gasteiger partial charge in [-0.3, -0.25) is 4.79 Å². The largest absolute Gasteiger partial charge is 0.364 e. The zero-order chi connectivity index (χ0) is 8.97. The molecule has 1 unspecified atom stereocenters. The minimum atomic E-state index is -0.224. The summed E-state index contributed by atoms with van der Waals surface area (Å²) in [6, 6.07) is 0.00593. The molecule has 0 bridgehead atoms. The average Bonchev–Trinajstić information content (AvgIpc) is 2.03. The Morgan fingerprint density at radius 2 is 2.58 bits per heavy atom. The van der Waals surface area contributed by atoms with Crippen molar-refractivity contribution in [2.24, 2.45) is 5.73 Å². The van der Waals surface area contributed by atoms with Gasteiger partial charge in [-0.25, -0.2) is 4.98 Å². The number of nitrogens with one attached hydrogen (secondary N) is 2. The van der Waals surface area contributed by atoms with Crippen LogP contribution in [0.1, 0.15) is 6.92 Å². The maximum Gasteiger partial charge on any atom is 0.290 e. The molecule has 5 heteroatoms. The molecule has 0 saturated carbocycles. The zero-order valence-electron chi connectivity index (χ0n) is 6.87. The Labute approximate surface area is 70.0 Å². The molecule has 0 aliphatic heterocycles. The fourth-order valence-corrected chi connectivity index (χ4v) is 0.735. The molecule has 1 aromatic heterocycles. The van der Waals surface area contributed by atoms with Crippen molar-refractivity contribution < 1.29 is 0 Å². The number of hydrogen-bond donors (Lipinski definition) is 3. The van der Waals surface area contributed by atoms with Crippen LogP contribution in [0.2, 0.25) is 0 Å². The molecule has 0 amide bonds. The van der Waals surface area contributed by atoms with E-state index in [4.69, 9.17) is 5.73 Å². The van der Waals surface area contributed by atoms with Gasteiger partial charge in [0, 0.05) is 25.0 Å². The Morgan fingerprint density at radius 3 is 3.17 bits per heavy atom. The summed E-state index contributed by atoms with van der Waals surface area (Å²) in [6.07, 6.45) is 3.00. The summed E-state index contributed by atoms with van der Waals surface area (Å²) in [5.74, 6) is 0.315. The first-order valence-electron chi connectivity index (χ1n) is 3.73. The van der Waals surface area contributed by atoms with E-state index in [1.807, 2.05) is 6.92 Å². The fourth-order valence-electron chi connectivity index (χ4n) is 0.735. The van der Waals surface area contributed by atoms with E-state index in [2.05, 4.69) is 15.3 Å². The van der Waals surface area contributed by atoms with Crippen molar-refractivity contribution in [1.82, 2.24) is 9.97 Å². The molecular formula is C7H12N4O. The summed E-state index contributed by atoms with van der Waals surface area (Å²) in [5, 5.41) is 2.83. The van der Waals surface area contributed by atoms with E-state index >= 15 is 0 Å². The summed E-state index contributed by atoms with van der Waals surface area (Å²) in [7, 11) is 0. The van der Waals surface area contributed by atoms with E-state index in [1.54, 1.807) is 0 Å². The molecule has 0 aliphatic carbocycles. The predicted molar refractivity (Wildman–Crippen MR) is 47.0 cm³/mol. The molecule has 66 valence electrons. The lowest BCUT2D eigenvalue weighted by Crippen LogP contribution is -2.28. The molecule has 0 spiro atoms. The molecule has 1 rings (SSSR count). The Bertz CT molecular complexity index is 293. The Morgan fingerprint density at radius 1 is 1.83 bits per heavy atom. The lowest BCUT2D eigenvalue weighted by atomic mass is 10.4. The summed E-state index contributed by atoms with van der Waals surface area (Å²) in [5.41, 5.74) is 5.26. The van der Waals surface area contributed by atoms with E-state index < -0.39 is 0 Å². The van der Waals surface area contributed by atoms with Gasteiger partial charge in [0.05, 0.1) is 0 Å². The van der Waals surface area contributed by atoms with Gasteiger partial charge in [-0.05, 0) is 6.92 Å². The summed E-state index contributed by atoms with van der Waals surface area (Å²) < 4.78 is 0. The van der Waals surface area contributed by atoms with Gasteiger partial charge >= 0.3 is 0 Å². The Hall–Kier alpha value is -1.36. The molecule has 1 aromatic rings. The Kier molecular flexibility index (Phi) is 2.82. The van der Waals surface area contributed by atoms with Crippen LogP contribution in [-0.2, 0) is 0 Å². The van der Waals surface area contributed by atoms with Crippen molar-refractivity contribution >= 4 is 5.82 Å². The van der Waals surface area contributed by atoms with E-state index in [9.17, 15) is 4.79 Å². The maximum atomic E-state index is 11.0. The predicted octanol–water partition coefficient (Wildman–Crippen LogP) is -0.471. The quantitative estimate of drug-likeness (QED) is 0.569. The number of rotatable bonds is 3. The summed E-state index contributed by atoms with van der Waals surface area (Å²) in [4.78, 5) is 17.4. The fraction of sp³-hybridized carbons (Fsp3) is 0.429. The minimum Gasteiger partial charge on any atom is -0.364 e. The first-order chi connectivity index (χ1) is 5.70. The first kappa shape index (κ1) is 8.73. The molecular weight excluding hydrogens is 156 g/mol. The molecule has 4 N–H and O–H groups in total. The highest BCUT2D eigenvalue weighted by Crippen LogP contribution is 1.88. The number of nitrogens with zero attached hydrogens (tertiary/aromatic N) is 1. The molecule has 1 heterocycles. The summed E-state index contributed by atoms with van der Waals surface area (Å²) >= 11 is 0. The number of H-pyrrole nitrogens is 1. The van der Waals surface area contributed by atoms with Crippen LogP contribution < -0.4 is 16.6 Å². The SMILES string of the molecule is CC(N)CNc1ncc[nH]c1=O. The third-order valence-electron chi connectivity index (χ3n) is 1.30. The van der Waals surface area contributed by atoms with E-state index in [0.717, 1.165) is 0 Å². The second-order valence-electron chi connectivity index (χ2n) is 2.63. The van der Waals surface area contributed by atoms with Crippen LogP contribution in [0.25, 0.3) is 0 Å². The normalized spacial score (nSPS) is 12.5. The summed E-state index contributed by atoms with van der Waals surface area (Å²) in [6.45, 7) is 2.39. The van der Waals surface area contributed by atoms with Gasteiger partial charge in [0.25, 0.3) is 5.56 Å². The van der Waals surface area contributed by atoms with Gasteiger partial charge in [0.15, 0.2) is 5.82 Å². The van der Waals surface area contributed by atoms with Crippen LogP contribution in [0.15, 0.2) is 17.2 Å². The van der Waals surface area contributed by atoms with E-state index in [-0.39, 0.29) is 11.6 Å². The van der Waals surface area contributed by atoms with Crippen molar-refractivity contribution in [3.8, 4) is 0 Å².